The number of anilines is 1. The molecule has 1 unspecified atom stereocenters. The second kappa shape index (κ2) is 13.5. The van der Waals surface area contributed by atoms with Crippen LogP contribution in [-0.4, -0.2) is 43.9 Å². The number of fused-ring (bicyclic) bond motifs is 3. The fraction of sp³-hybridized carbons (Fsp3) is 0.500. The first-order valence-electron chi connectivity index (χ1n) is 14.8. The molecule has 1 amide bonds. The number of aliphatic hydroxyl groups excluding tert-OH is 1. The number of carbonyl (C=O) groups excluding carboxylic acids is 1. The summed E-state index contributed by atoms with van der Waals surface area (Å²) in [5, 5.41) is 19.9. The lowest BCUT2D eigenvalue weighted by Gasteiger charge is -2.42. The zero-order chi connectivity index (χ0) is 29.7. The highest BCUT2D eigenvalue weighted by atomic mass is 35.5. The first-order chi connectivity index (χ1) is 20.2. The first-order valence-corrected chi connectivity index (χ1v) is 16.7. The summed E-state index contributed by atoms with van der Waals surface area (Å²) >= 11 is 6.29. The molecule has 0 radical (unpaired) electrons. The number of rotatable bonds is 2. The molecule has 224 valence electrons. The van der Waals surface area contributed by atoms with Gasteiger partial charge in [-0.05, 0) is 105 Å². The minimum absolute atomic E-state index is 0.0658. The molecule has 2 aliphatic heterocycles. The van der Waals surface area contributed by atoms with E-state index in [1.165, 1.54) is 0 Å². The zero-order valence-corrected chi connectivity index (χ0v) is 25.2. The molecule has 5 rings (SSSR count). The number of halogens is 1. The third kappa shape index (κ3) is 7.11. The molecule has 2 aromatic carbocycles. The second-order valence-corrected chi connectivity index (χ2v) is 14.0. The van der Waals surface area contributed by atoms with Crippen molar-refractivity contribution >= 4 is 33.2 Å². The maximum absolute atomic E-state index is 13.4. The van der Waals surface area contributed by atoms with Crippen LogP contribution in [0, 0.1) is 23.2 Å². The van der Waals surface area contributed by atoms with Crippen molar-refractivity contribution in [1.82, 2.24) is 4.72 Å². The number of aryl methyl sites for hydroxylation is 1. The van der Waals surface area contributed by atoms with Gasteiger partial charge in [0, 0.05) is 30.1 Å². The van der Waals surface area contributed by atoms with Crippen molar-refractivity contribution in [2.24, 2.45) is 11.8 Å². The van der Waals surface area contributed by atoms with Crippen molar-refractivity contribution in [1.29, 1.82) is 5.26 Å². The van der Waals surface area contributed by atoms with Gasteiger partial charge in [-0.3, -0.25) is 4.79 Å². The molecule has 2 heterocycles. The predicted molar refractivity (Wildman–Crippen MR) is 163 cm³/mol. The molecule has 1 saturated carbocycles. The quantitative estimate of drug-likeness (QED) is 0.428. The van der Waals surface area contributed by atoms with Gasteiger partial charge in [-0.25, -0.2) is 13.1 Å². The van der Waals surface area contributed by atoms with Gasteiger partial charge in [0.2, 0.25) is 10.0 Å². The summed E-state index contributed by atoms with van der Waals surface area (Å²) in [6.45, 7) is 1.76. The minimum Gasteiger partial charge on any atom is -0.487 e. The highest BCUT2D eigenvalue weighted by Crippen LogP contribution is 2.41. The number of nitrogens with zero attached hydrogens (tertiary/aromatic N) is 2. The van der Waals surface area contributed by atoms with E-state index < -0.39 is 27.3 Å². The largest absolute Gasteiger partial charge is 0.487 e. The molecular formula is C32H38ClN3O5S. The van der Waals surface area contributed by atoms with Crippen LogP contribution in [0.1, 0.15) is 72.9 Å². The van der Waals surface area contributed by atoms with Gasteiger partial charge in [0.15, 0.2) is 0 Å². The summed E-state index contributed by atoms with van der Waals surface area (Å²) in [6.07, 6.45) is 8.50. The SMILES string of the molecule is N#CCCC1CC/C=C/[C@H](O)[C@@H]2CC[C@H]2CN2CCCCc3cc(Cl)ccc3COc3ccc(cc32)C(=O)NS1(=O)=O. The molecular weight excluding hydrogens is 574 g/mol. The average Bonchev–Trinajstić information content (AvgIpc) is 2.97. The van der Waals surface area contributed by atoms with Crippen LogP contribution < -0.4 is 14.4 Å². The lowest BCUT2D eigenvalue weighted by molar-refractivity contribution is 0.0461. The van der Waals surface area contributed by atoms with E-state index in [1.54, 1.807) is 24.3 Å². The average molecular weight is 612 g/mol. The number of benzene rings is 2. The normalized spacial score (nSPS) is 27.0. The number of amides is 1. The standard InChI is InChI=1S/C32H38ClN3O5S/c33-26-13-10-25-21-41-31-15-12-23-19-29(31)36(17-4-3-6-22(25)18-26)20-24-11-14-28(24)30(37)9-2-1-7-27(8-5-16-34)42(39,40)35-32(23)38/h2,9-10,12-13,15,18-19,24,27-28,30,37H,1,3-8,11,14,17,20-21H2,(H,35,38)/b9-2+/t24-,27?,28+,30-/m0/s1. The fourth-order valence-electron chi connectivity index (χ4n) is 6.25. The zero-order valence-electron chi connectivity index (χ0n) is 23.7. The number of allylic oxidation sites excluding steroid dienone is 1. The van der Waals surface area contributed by atoms with Gasteiger partial charge in [0.05, 0.1) is 23.1 Å². The molecule has 0 aromatic heterocycles. The van der Waals surface area contributed by atoms with Crippen LogP contribution in [0.2, 0.25) is 5.02 Å². The monoisotopic (exact) mass is 611 g/mol. The smallest absolute Gasteiger partial charge is 0.264 e. The van der Waals surface area contributed by atoms with Gasteiger partial charge in [-0.15, -0.1) is 0 Å². The van der Waals surface area contributed by atoms with Gasteiger partial charge in [-0.2, -0.15) is 5.26 Å². The Balaban J connectivity index is 1.52. The third-order valence-electron chi connectivity index (χ3n) is 8.85. The van der Waals surface area contributed by atoms with Crippen LogP contribution >= 0.6 is 11.6 Å². The molecule has 2 bridgehead atoms. The molecule has 2 aromatic rings. The van der Waals surface area contributed by atoms with E-state index in [1.807, 2.05) is 30.3 Å². The van der Waals surface area contributed by atoms with Crippen molar-refractivity contribution in [3.8, 4) is 11.8 Å². The van der Waals surface area contributed by atoms with Gasteiger partial charge in [-0.1, -0.05) is 29.8 Å². The summed E-state index contributed by atoms with van der Waals surface area (Å²) in [7, 11) is -4.05. The van der Waals surface area contributed by atoms with E-state index in [2.05, 4.69) is 9.62 Å². The Kier molecular flexibility index (Phi) is 9.77. The number of carbonyl (C=O) groups is 1. The number of sulfonamides is 1. The molecule has 10 heteroatoms. The summed E-state index contributed by atoms with van der Waals surface area (Å²) in [6, 6.07) is 12.9. The van der Waals surface area contributed by atoms with Gasteiger partial charge >= 0.3 is 0 Å². The summed E-state index contributed by atoms with van der Waals surface area (Å²) in [4.78, 5) is 15.6. The summed E-state index contributed by atoms with van der Waals surface area (Å²) in [5.74, 6) is 0.288. The number of ether oxygens (including phenoxy) is 1. The van der Waals surface area contributed by atoms with E-state index in [4.69, 9.17) is 21.6 Å². The van der Waals surface area contributed by atoms with Crippen molar-refractivity contribution in [3.63, 3.8) is 0 Å². The lowest BCUT2D eigenvalue weighted by atomic mass is 9.70. The van der Waals surface area contributed by atoms with Gasteiger partial charge in [0.1, 0.15) is 12.4 Å². The van der Waals surface area contributed by atoms with Crippen molar-refractivity contribution in [3.05, 3.63) is 70.3 Å². The molecule has 1 fully saturated rings. The minimum atomic E-state index is -4.05. The van der Waals surface area contributed by atoms with Crippen LogP contribution in [0.3, 0.4) is 0 Å². The van der Waals surface area contributed by atoms with Crippen LogP contribution in [0.4, 0.5) is 5.69 Å². The van der Waals surface area contributed by atoms with Gasteiger partial charge < -0.3 is 14.7 Å². The molecule has 3 aliphatic rings. The number of hydrogen-bond acceptors (Lipinski definition) is 7. The maximum atomic E-state index is 13.4. The summed E-state index contributed by atoms with van der Waals surface area (Å²) < 4.78 is 35.2. The Morgan fingerprint density at radius 1 is 1.12 bits per heavy atom. The highest BCUT2D eigenvalue weighted by Gasteiger charge is 2.37. The fourth-order valence-corrected chi connectivity index (χ4v) is 7.86. The van der Waals surface area contributed by atoms with Crippen LogP contribution in [0.5, 0.6) is 5.75 Å². The Morgan fingerprint density at radius 3 is 2.76 bits per heavy atom. The Bertz CT molecular complexity index is 1470. The molecule has 1 aliphatic carbocycles. The third-order valence-corrected chi connectivity index (χ3v) is 10.9. The van der Waals surface area contributed by atoms with E-state index >= 15 is 0 Å². The molecule has 0 spiro atoms. The Labute approximate surface area is 253 Å². The summed E-state index contributed by atoms with van der Waals surface area (Å²) in [5.41, 5.74) is 3.17. The van der Waals surface area contributed by atoms with E-state index in [-0.39, 0.29) is 36.7 Å². The second-order valence-electron chi connectivity index (χ2n) is 11.6. The van der Waals surface area contributed by atoms with E-state index in [0.29, 0.717) is 30.3 Å². The highest BCUT2D eigenvalue weighted by molar-refractivity contribution is 7.90. The van der Waals surface area contributed by atoms with Crippen molar-refractivity contribution in [2.75, 3.05) is 18.0 Å². The van der Waals surface area contributed by atoms with Crippen LogP contribution in [0.25, 0.3) is 0 Å². The predicted octanol–water partition coefficient (Wildman–Crippen LogP) is 5.53. The maximum Gasteiger partial charge on any atom is 0.264 e. The number of nitrogens with one attached hydrogen (secondary N) is 1. The Hall–Kier alpha value is -3.06. The number of hydrogen-bond donors (Lipinski definition) is 2. The first kappa shape index (κ1) is 30.4. The van der Waals surface area contributed by atoms with Crippen molar-refractivity contribution < 1.29 is 23.1 Å². The number of aliphatic hydroxyl groups is 1. The van der Waals surface area contributed by atoms with Gasteiger partial charge in [0.25, 0.3) is 5.91 Å². The molecule has 8 nitrogen and oxygen atoms in total. The molecule has 2 N–H and O–H groups in total. The molecule has 0 saturated heterocycles. The molecule has 4 atom stereocenters. The lowest BCUT2D eigenvalue weighted by Crippen LogP contribution is -2.43. The Morgan fingerprint density at radius 2 is 1.98 bits per heavy atom. The number of nitriles is 1. The topological polar surface area (TPSA) is 120 Å². The van der Waals surface area contributed by atoms with E-state index in [0.717, 1.165) is 55.5 Å². The van der Waals surface area contributed by atoms with E-state index in [9.17, 15) is 18.3 Å². The molecule has 42 heavy (non-hydrogen) atoms. The van der Waals surface area contributed by atoms with Crippen LogP contribution in [0.15, 0.2) is 48.6 Å². The van der Waals surface area contributed by atoms with Crippen molar-refractivity contribution in [2.45, 2.75) is 75.7 Å². The van der Waals surface area contributed by atoms with Crippen LogP contribution in [-0.2, 0) is 23.1 Å².